The maximum absolute atomic E-state index is 11.4. The number of hydrogen-bond donors (Lipinski definition) is 2. The highest BCUT2D eigenvalue weighted by atomic mass is 16.6. The van der Waals surface area contributed by atoms with Crippen LogP contribution in [0.25, 0.3) is 0 Å². The molecule has 6 nitrogen and oxygen atoms in total. The molecule has 1 aliphatic rings. The topological polar surface area (TPSA) is 84.9 Å². The predicted octanol–water partition coefficient (Wildman–Crippen LogP) is 0.585. The monoisotopic (exact) mass is 251 g/mol. The number of alkyl carbamates (subject to hydrolysis) is 1. The number of hydrogen-bond acceptors (Lipinski definition) is 5. The Morgan fingerprint density at radius 2 is 2.11 bits per heavy atom. The van der Waals surface area contributed by atoms with E-state index >= 15 is 0 Å². The van der Waals surface area contributed by atoms with E-state index in [4.69, 9.17) is 9.84 Å². The molecular weight excluding hydrogens is 238 g/mol. The number of benzene rings is 1. The van der Waals surface area contributed by atoms with E-state index in [2.05, 4.69) is 10.1 Å². The predicted molar refractivity (Wildman–Crippen MR) is 61.0 cm³/mol. The van der Waals surface area contributed by atoms with Crippen molar-refractivity contribution in [3.05, 3.63) is 29.8 Å². The van der Waals surface area contributed by atoms with Crippen LogP contribution < -0.4 is 5.32 Å². The van der Waals surface area contributed by atoms with Gasteiger partial charge in [0.25, 0.3) is 0 Å². The molecule has 96 valence electrons. The molecule has 2 N–H and O–H groups in total. The van der Waals surface area contributed by atoms with Gasteiger partial charge in [-0.15, -0.1) is 0 Å². The number of aromatic hydroxyl groups is 1. The molecule has 2 atom stereocenters. The highest BCUT2D eigenvalue weighted by Gasteiger charge is 2.40. The van der Waals surface area contributed by atoms with Crippen molar-refractivity contribution in [2.24, 2.45) is 0 Å². The van der Waals surface area contributed by atoms with Gasteiger partial charge in [0, 0.05) is 0 Å². The fourth-order valence-corrected chi connectivity index (χ4v) is 1.83. The van der Waals surface area contributed by atoms with Crippen LogP contribution in [-0.2, 0) is 20.7 Å². The average Bonchev–Trinajstić information content (AvgIpc) is 2.72. The molecule has 2 rings (SSSR count). The molecule has 1 aromatic carbocycles. The van der Waals surface area contributed by atoms with Crippen LogP contribution in [0.4, 0.5) is 4.79 Å². The van der Waals surface area contributed by atoms with E-state index in [9.17, 15) is 9.59 Å². The van der Waals surface area contributed by atoms with Crippen molar-refractivity contribution >= 4 is 12.1 Å². The summed E-state index contributed by atoms with van der Waals surface area (Å²) in [4.78, 5) is 22.6. The number of esters is 1. The first-order valence-corrected chi connectivity index (χ1v) is 5.43. The second kappa shape index (κ2) is 4.95. The van der Waals surface area contributed by atoms with E-state index in [-0.39, 0.29) is 5.75 Å². The molecule has 18 heavy (non-hydrogen) atoms. The quantitative estimate of drug-likeness (QED) is 0.768. The maximum atomic E-state index is 11.4. The fourth-order valence-electron chi connectivity index (χ4n) is 1.83. The summed E-state index contributed by atoms with van der Waals surface area (Å²) >= 11 is 0. The number of nitrogens with one attached hydrogen (secondary N) is 1. The number of ether oxygens (including phenoxy) is 2. The zero-order valence-corrected chi connectivity index (χ0v) is 9.75. The van der Waals surface area contributed by atoms with Gasteiger partial charge in [-0.3, -0.25) is 0 Å². The Morgan fingerprint density at radius 3 is 2.72 bits per heavy atom. The Morgan fingerprint density at radius 1 is 1.44 bits per heavy atom. The van der Waals surface area contributed by atoms with Crippen LogP contribution in [-0.4, -0.2) is 36.4 Å². The number of rotatable bonds is 3. The minimum absolute atomic E-state index is 0.162. The minimum atomic E-state index is -0.934. The Labute approximate surface area is 104 Å². The molecule has 1 aromatic rings. The van der Waals surface area contributed by atoms with E-state index in [1.165, 1.54) is 7.11 Å². The highest BCUT2D eigenvalue weighted by molar-refractivity contribution is 5.83. The summed E-state index contributed by atoms with van der Waals surface area (Å²) in [5.74, 6) is -0.424. The van der Waals surface area contributed by atoms with E-state index in [1.54, 1.807) is 24.3 Å². The van der Waals surface area contributed by atoms with Crippen LogP contribution in [0, 0.1) is 0 Å². The Hall–Kier alpha value is -2.24. The number of methoxy groups -OCH3 is 1. The van der Waals surface area contributed by atoms with Crippen molar-refractivity contribution in [2.75, 3.05) is 7.11 Å². The van der Waals surface area contributed by atoms with Gasteiger partial charge in [0.1, 0.15) is 5.75 Å². The molecule has 6 heteroatoms. The number of phenols is 1. The second-order valence-corrected chi connectivity index (χ2v) is 3.97. The lowest BCUT2D eigenvalue weighted by Gasteiger charge is -2.14. The number of phenolic OH excluding ortho intramolecular Hbond substituents is 1. The molecular formula is C12H13NO5. The molecule has 1 fully saturated rings. The molecule has 0 radical (unpaired) electrons. The van der Waals surface area contributed by atoms with Crippen LogP contribution in [0.2, 0.25) is 0 Å². The van der Waals surface area contributed by atoms with Crippen LogP contribution in [0.3, 0.4) is 0 Å². The third-order valence-corrected chi connectivity index (χ3v) is 2.73. The second-order valence-electron chi connectivity index (χ2n) is 3.97. The zero-order chi connectivity index (χ0) is 13.1. The van der Waals surface area contributed by atoms with E-state index in [1.807, 2.05) is 0 Å². The van der Waals surface area contributed by atoms with Gasteiger partial charge in [-0.1, -0.05) is 12.1 Å². The zero-order valence-electron chi connectivity index (χ0n) is 9.75. The molecule has 0 aliphatic carbocycles. The van der Waals surface area contributed by atoms with Crippen molar-refractivity contribution in [3.8, 4) is 5.75 Å². The third-order valence-electron chi connectivity index (χ3n) is 2.73. The lowest BCUT2D eigenvalue weighted by Crippen LogP contribution is -2.38. The van der Waals surface area contributed by atoms with E-state index in [0.29, 0.717) is 6.42 Å². The normalized spacial score (nSPS) is 22.2. The standard InChI is InChI=1S/C12H13NO5/c1-17-11(15)10-9(13-12(16)18-10)6-7-2-4-8(14)5-3-7/h2-5,9-10,14H,6H2,1H3,(H,13,16)/t9-,10+/m1/s1. The third kappa shape index (κ3) is 2.53. The average molecular weight is 251 g/mol. The lowest BCUT2D eigenvalue weighted by atomic mass is 10.0. The van der Waals surface area contributed by atoms with Crippen molar-refractivity contribution < 1.29 is 24.2 Å². The van der Waals surface area contributed by atoms with Crippen molar-refractivity contribution in [2.45, 2.75) is 18.6 Å². The van der Waals surface area contributed by atoms with Gasteiger partial charge in [0.2, 0.25) is 6.10 Å². The largest absolute Gasteiger partial charge is 0.508 e. The molecule has 0 unspecified atom stereocenters. The van der Waals surface area contributed by atoms with Gasteiger partial charge in [0.15, 0.2) is 0 Å². The van der Waals surface area contributed by atoms with Crippen LogP contribution in [0.1, 0.15) is 5.56 Å². The smallest absolute Gasteiger partial charge is 0.408 e. The number of carbonyl (C=O) groups excluding carboxylic acids is 2. The highest BCUT2D eigenvalue weighted by Crippen LogP contribution is 2.17. The summed E-state index contributed by atoms with van der Waals surface area (Å²) in [6, 6.07) is 6.05. The minimum Gasteiger partial charge on any atom is -0.508 e. The van der Waals surface area contributed by atoms with Crippen LogP contribution in [0.5, 0.6) is 5.75 Å². The molecule has 0 aromatic heterocycles. The Kier molecular flexibility index (Phi) is 3.36. The summed E-state index contributed by atoms with van der Waals surface area (Å²) < 4.78 is 9.42. The van der Waals surface area contributed by atoms with Crippen molar-refractivity contribution in [3.63, 3.8) is 0 Å². The van der Waals surface area contributed by atoms with Gasteiger partial charge in [0.05, 0.1) is 13.2 Å². The molecule has 1 heterocycles. The van der Waals surface area contributed by atoms with Crippen LogP contribution >= 0.6 is 0 Å². The molecule has 1 amide bonds. The fraction of sp³-hybridized carbons (Fsp3) is 0.333. The SMILES string of the molecule is COC(=O)[C@H]1OC(=O)N[C@@H]1Cc1ccc(O)cc1. The summed E-state index contributed by atoms with van der Waals surface area (Å²) in [6.07, 6.45) is -1.14. The molecule has 1 saturated heterocycles. The summed E-state index contributed by atoms with van der Waals surface area (Å²) in [5, 5.41) is 11.7. The molecule has 1 aliphatic heterocycles. The molecule has 0 saturated carbocycles. The Balaban J connectivity index is 2.09. The van der Waals surface area contributed by atoms with Gasteiger partial charge in [-0.25, -0.2) is 9.59 Å². The molecule has 0 bridgehead atoms. The van der Waals surface area contributed by atoms with Gasteiger partial charge in [-0.2, -0.15) is 0 Å². The van der Waals surface area contributed by atoms with Gasteiger partial charge in [-0.05, 0) is 24.1 Å². The van der Waals surface area contributed by atoms with Crippen molar-refractivity contribution in [1.82, 2.24) is 5.32 Å². The van der Waals surface area contributed by atoms with Crippen molar-refractivity contribution in [1.29, 1.82) is 0 Å². The van der Waals surface area contributed by atoms with Crippen LogP contribution in [0.15, 0.2) is 24.3 Å². The van der Waals surface area contributed by atoms with E-state index in [0.717, 1.165) is 5.56 Å². The summed E-state index contributed by atoms with van der Waals surface area (Å²) in [7, 11) is 1.24. The number of carbonyl (C=O) groups is 2. The van der Waals surface area contributed by atoms with Gasteiger partial charge < -0.3 is 19.9 Å². The maximum Gasteiger partial charge on any atom is 0.408 e. The number of amides is 1. The first-order valence-electron chi connectivity index (χ1n) is 5.43. The van der Waals surface area contributed by atoms with Gasteiger partial charge >= 0.3 is 12.1 Å². The first-order chi connectivity index (χ1) is 8.60. The van der Waals surface area contributed by atoms with E-state index < -0.39 is 24.2 Å². The first kappa shape index (κ1) is 12.2. The summed E-state index contributed by atoms with van der Waals surface area (Å²) in [6.45, 7) is 0. The summed E-state index contributed by atoms with van der Waals surface area (Å²) in [5.41, 5.74) is 0.873. The lowest BCUT2D eigenvalue weighted by molar-refractivity contribution is -0.149. The molecule has 0 spiro atoms. The number of cyclic esters (lactones) is 1. The Bertz CT molecular complexity index is 456.